The Balaban J connectivity index is 2.82. The molecule has 0 saturated carbocycles. The number of aliphatic hydroxyl groups is 1. The molecule has 0 spiro atoms. The number of ketones is 1. The van der Waals surface area contributed by atoms with Gasteiger partial charge in [-0.3, -0.25) is 4.79 Å². The molecule has 1 unspecified atom stereocenters. The van der Waals surface area contributed by atoms with Gasteiger partial charge in [0.15, 0.2) is 5.78 Å². The third-order valence-corrected chi connectivity index (χ3v) is 2.41. The van der Waals surface area contributed by atoms with Crippen molar-refractivity contribution in [2.75, 3.05) is 17.7 Å². The summed E-state index contributed by atoms with van der Waals surface area (Å²) < 4.78 is 0. The molecule has 0 aliphatic rings. The van der Waals surface area contributed by atoms with E-state index in [0.717, 1.165) is 5.69 Å². The molecular formula is C12H18N2O2. The lowest BCUT2D eigenvalue weighted by Crippen LogP contribution is -2.16. The Kier molecular flexibility index (Phi) is 4.31. The normalized spacial score (nSPS) is 12.2. The van der Waals surface area contributed by atoms with Gasteiger partial charge < -0.3 is 16.2 Å². The van der Waals surface area contributed by atoms with Gasteiger partial charge in [0.1, 0.15) is 0 Å². The smallest absolute Gasteiger partial charge is 0.161 e. The first-order valence-electron chi connectivity index (χ1n) is 5.32. The van der Waals surface area contributed by atoms with Crippen molar-refractivity contribution in [3.63, 3.8) is 0 Å². The van der Waals surface area contributed by atoms with Crippen LogP contribution in [0.25, 0.3) is 0 Å². The fraction of sp³-hybridized carbons (Fsp3) is 0.417. The molecule has 1 atom stereocenters. The maximum absolute atomic E-state index is 11.3. The molecule has 0 aliphatic carbocycles. The Bertz CT molecular complexity index is 377. The second-order valence-electron chi connectivity index (χ2n) is 3.92. The predicted molar refractivity (Wildman–Crippen MR) is 65.6 cm³/mol. The lowest BCUT2D eigenvalue weighted by atomic mass is 10.1. The Hall–Kier alpha value is -1.55. The van der Waals surface area contributed by atoms with Crippen molar-refractivity contribution in [2.45, 2.75) is 26.3 Å². The van der Waals surface area contributed by atoms with Crippen molar-refractivity contribution in [1.82, 2.24) is 0 Å². The number of hydrogen-bond acceptors (Lipinski definition) is 4. The zero-order chi connectivity index (χ0) is 12.1. The standard InChI is InChI=1S/C12H18N2O2/c1-8(5-6-15)14-10-3-4-12(13)11(7-10)9(2)16/h3-4,7-8,14-15H,5-6,13H2,1-2H3. The molecule has 88 valence electrons. The van der Waals surface area contributed by atoms with Gasteiger partial charge in [-0.05, 0) is 38.5 Å². The lowest BCUT2D eigenvalue weighted by molar-refractivity contribution is 0.101. The van der Waals surface area contributed by atoms with Crippen LogP contribution < -0.4 is 11.1 Å². The summed E-state index contributed by atoms with van der Waals surface area (Å²) in [7, 11) is 0. The molecule has 0 fully saturated rings. The van der Waals surface area contributed by atoms with Crippen LogP contribution in [0.2, 0.25) is 0 Å². The number of anilines is 2. The van der Waals surface area contributed by atoms with E-state index in [1.807, 2.05) is 13.0 Å². The van der Waals surface area contributed by atoms with Crippen molar-refractivity contribution in [3.05, 3.63) is 23.8 Å². The molecule has 1 aromatic carbocycles. The van der Waals surface area contributed by atoms with Gasteiger partial charge >= 0.3 is 0 Å². The molecular weight excluding hydrogens is 204 g/mol. The number of aliphatic hydroxyl groups excluding tert-OH is 1. The number of rotatable bonds is 5. The van der Waals surface area contributed by atoms with Gasteiger partial charge in [-0.25, -0.2) is 0 Å². The van der Waals surface area contributed by atoms with Crippen LogP contribution in [0.15, 0.2) is 18.2 Å². The van der Waals surface area contributed by atoms with Crippen LogP contribution in [0.4, 0.5) is 11.4 Å². The maximum atomic E-state index is 11.3. The molecule has 0 bridgehead atoms. The average Bonchev–Trinajstić information content (AvgIpc) is 2.21. The van der Waals surface area contributed by atoms with Gasteiger partial charge in [0.2, 0.25) is 0 Å². The third kappa shape index (κ3) is 3.24. The van der Waals surface area contributed by atoms with Crippen LogP contribution in [0, 0.1) is 0 Å². The van der Waals surface area contributed by atoms with Crippen molar-refractivity contribution in [2.24, 2.45) is 0 Å². The molecule has 0 aromatic heterocycles. The zero-order valence-corrected chi connectivity index (χ0v) is 9.66. The van der Waals surface area contributed by atoms with Gasteiger partial charge in [-0.15, -0.1) is 0 Å². The first kappa shape index (κ1) is 12.5. The zero-order valence-electron chi connectivity index (χ0n) is 9.66. The van der Waals surface area contributed by atoms with E-state index in [-0.39, 0.29) is 18.4 Å². The van der Waals surface area contributed by atoms with Gasteiger partial charge in [-0.1, -0.05) is 0 Å². The minimum Gasteiger partial charge on any atom is -0.398 e. The first-order chi connectivity index (χ1) is 7.54. The van der Waals surface area contributed by atoms with E-state index >= 15 is 0 Å². The highest BCUT2D eigenvalue weighted by Crippen LogP contribution is 2.19. The van der Waals surface area contributed by atoms with E-state index < -0.39 is 0 Å². The van der Waals surface area contributed by atoms with Crippen molar-refractivity contribution < 1.29 is 9.90 Å². The van der Waals surface area contributed by atoms with Crippen LogP contribution in [0.1, 0.15) is 30.6 Å². The van der Waals surface area contributed by atoms with E-state index in [1.165, 1.54) is 6.92 Å². The predicted octanol–water partition coefficient (Wildman–Crippen LogP) is 1.65. The Morgan fingerprint density at radius 2 is 2.25 bits per heavy atom. The second kappa shape index (κ2) is 5.51. The maximum Gasteiger partial charge on any atom is 0.161 e. The van der Waals surface area contributed by atoms with Crippen molar-refractivity contribution >= 4 is 17.2 Å². The van der Waals surface area contributed by atoms with Gasteiger partial charge in [0.25, 0.3) is 0 Å². The number of benzene rings is 1. The minimum absolute atomic E-state index is 0.0454. The molecule has 0 aliphatic heterocycles. The van der Waals surface area contributed by atoms with Crippen LogP contribution in [-0.4, -0.2) is 23.5 Å². The number of nitrogens with two attached hydrogens (primary N) is 1. The number of carbonyl (C=O) groups excluding carboxylic acids is 1. The summed E-state index contributed by atoms with van der Waals surface area (Å²) >= 11 is 0. The Labute approximate surface area is 95.5 Å². The molecule has 4 nitrogen and oxygen atoms in total. The Morgan fingerprint density at radius 3 is 2.81 bits per heavy atom. The topological polar surface area (TPSA) is 75.3 Å². The second-order valence-corrected chi connectivity index (χ2v) is 3.92. The van der Waals surface area contributed by atoms with E-state index in [0.29, 0.717) is 17.7 Å². The van der Waals surface area contributed by atoms with Crippen LogP contribution in [-0.2, 0) is 0 Å². The minimum atomic E-state index is -0.0454. The van der Waals surface area contributed by atoms with E-state index in [4.69, 9.17) is 10.8 Å². The van der Waals surface area contributed by atoms with E-state index in [2.05, 4.69) is 5.32 Å². The van der Waals surface area contributed by atoms with E-state index in [9.17, 15) is 4.79 Å². The molecule has 0 amide bonds. The number of nitrogen functional groups attached to an aromatic ring is 1. The summed E-state index contributed by atoms with van der Waals surface area (Å²) in [6.45, 7) is 3.61. The number of nitrogens with one attached hydrogen (secondary N) is 1. The molecule has 1 aromatic rings. The summed E-state index contributed by atoms with van der Waals surface area (Å²) in [5, 5.41) is 12.0. The lowest BCUT2D eigenvalue weighted by Gasteiger charge is -2.15. The number of Topliss-reactive ketones (excluding diaryl/α,β-unsaturated/α-hetero) is 1. The monoisotopic (exact) mass is 222 g/mol. The summed E-state index contributed by atoms with van der Waals surface area (Å²) in [5.74, 6) is -0.0454. The first-order valence-corrected chi connectivity index (χ1v) is 5.32. The molecule has 0 heterocycles. The SMILES string of the molecule is CC(=O)c1cc(NC(C)CCO)ccc1N. The summed E-state index contributed by atoms with van der Waals surface area (Å²) in [6, 6.07) is 5.44. The molecule has 4 N–H and O–H groups in total. The number of carbonyl (C=O) groups is 1. The molecule has 16 heavy (non-hydrogen) atoms. The van der Waals surface area contributed by atoms with Gasteiger partial charge in [0.05, 0.1) is 0 Å². The van der Waals surface area contributed by atoms with Crippen molar-refractivity contribution in [3.8, 4) is 0 Å². The van der Waals surface area contributed by atoms with Crippen LogP contribution in [0.5, 0.6) is 0 Å². The highest BCUT2D eigenvalue weighted by molar-refractivity contribution is 6.00. The largest absolute Gasteiger partial charge is 0.398 e. The fourth-order valence-electron chi connectivity index (χ4n) is 1.50. The average molecular weight is 222 g/mol. The molecule has 4 heteroatoms. The quantitative estimate of drug-likeness (QED) is 0.523. The summed E-state index contributed by atoms with van der Waals surface area (Å²) in [6.07, 6.45) is 0.666. The van der Waals surface area contributed by atoms with Gasteiger partial charge in [-0.2, -0.15) is 0 Å². The van der Waals surface area contributed by atoms with Crippen LogP contribution in [0.3, 0.4) is 0 Å². The highest BCUT2D eigenvalue weighted by atomic mass is 16.3. The fourth-order valence-corrected chi connectivity index (χ4v) is 1.50. The number of hydrogen-bond donors (Lipinski definition) is 3. The summed E-state index contributed by atoms with van der Waals surface area (Å²) in [5.41, 5.74) is 7.56. The van der Waals surface area contributed by atoms with Crippen molar-refractivity contribution in [1.29, 1.82) is 0 Å². The highest BCUT2D eigenvalue weighted by Gasteiger charge is 2.07. The van der Waals surface area contributed by atoms with E-state index in [1.54, 1.807) is 12.1 Å². The molecule has 0 radical (unpaired) electrons. The van der Waals surface area contributed by atoms with Crippen LogP contribution >= 0.6 is 0 Å². The molecule has 0 saturated heterocycles. The third-order valence-electron chi connectivity index (χ3n) is 2.41. The molecule has 1 rings (SSSR count). The van der Waals surface area contributed by atoms with Gasteiger partial charge in [0, 0.05) is 29.6 Å². The Morgan fingerprint density at radius 1 is 1.56 bits per heavy atom. The summed E-state index contributed by atoms with van der Waals surface area (Å²) in [4.78, 5) is 11.3.